The SMILES string of the molecule is COC(=O)/C=C1/SCC(=O)N1CCCSc1nc(C)nc2sc(C)c(C)c12. The number of nitrogens with zero attached hydrogens (tertiary/aromatic N) is 3. The van der Waals surface area contributed by atoms with Crippen LogP contribution in [0.1, 0.15) is 22.7 Å². The van der Waals surface area contributed by atoms with Gasteiger partial charge < -0.3 is 9.64 Å². The minimum atomic E-state index is -0.436. The molecule has 1 saturated heterocycles. The molecule has 0 atom stereocenters. The molecule has 0 aromatic carbocycles. The monoisotopic (exact) mass is 423 g/mol. The Bertz CT molecular complexity index is 923. The van der Waals surface area contributed by atoms with E-state index in [2.05, 4.69) is 28.6 Å². The maximum Gasteiger partial charge on any atom is 0.333 e. The summed E-state index contributed by atoms with van der Waals surface area (Å²) in [6.07, 6.45) is 2.19. The van der Waals surface area contributed by atoms with Crippen molar-refractivity contribution in [1.29, 1.82) is 0 Å². The lowest BCUT2D eigenvalue weighted by Crippen LogP contribution is -2.26. The van der Waals surface area contributed by atoms with Gasteiger partial charge in [-0.3, -0.25) is 4.79 Å². The number of aromatic nitrogens is 2. The summed E-state index contributed by atoms with van der Waals surface area (Å²) in [7, 11) is 1.33. The van der Waals surface area contributed by atoms with Crippen molar-refractivity contribution in [2.24, 2.45) is 0 Å². The van der Waals surface area contributed by atoms with E-state index in [0.29, 0.717) is 17.3 Å². The van der Waals surface area contributed by atoms with Crippen molar-refractivity contribution in [2.45, 2.75) is 32.2 Å². The Balaban J connectivity index is 1.65. The van der Waals surface area contributed by atoms with Gasteiger partial charge in [-0.1, -0.05) is 11.8 Å². The molecule has 0 bridgehead atoms. The van der Waals surface area contributed by atoms with Gasteiger partial charge in [-0.2, -0.15) is 0 Å². The fourth-order valence-corrected chi connectivity index (χ4v) is 5.89. The van der Waals surface area contributed by atoms with Gasteiger partial charge in [0.2, 0.25) is 5.91 Å². The number of carbonyl (C=O) groups excluding carboxylic acids is 2. The van der Waals surface area contributed by atoms with Gasteiger partial charge >= 0.3 is 5.97 Å². The standard InChI is InChI=1S/C18H21N3O3S3/c1-10-11(2)27-18-16(10)17(19-12(3)20-18)25-7-5-6-21-13(22)9-26-14(21)8-15(23)24-4/h8H,5-7,9H2,1-4H3/b14-8+. The van der Waals surface area contributed by atoms with Gasteiger partial charge in [-0.05, 0) is 32.8 Å². The van der Waals surface area contributed by atoms with Crippen molar-refractivity contribution in [2.75, 3.05) is 25.2 Å². The molecule has 2 aromatic rings. The van der Waals surface area contributed by atoms with Gasteiger partial charge in [0.15, 0.2) is 0 Å². The Morgan fingerprint density at radius 3 is 2.85 bits per heavy atom. The number of hydrogen-bond donors (Lipinski definition) is 0. The molecule has 1 aliphatic heterocycles. The third-order valence-corrected chi connectivity index (χ3v) is 7.41. The molecule has 0 unspecified atom stereocenters. The van der Waals surface area contributed by atoms with E-state index in [1.807, 2.05) is 6.92 Å². The number of carbonyl (C=O) groups is 2. The maximum atomic E-state index is 12.1. The van der Waals surface area contributed by atoms with Crippen LogP contribution in [0.4, 0.5) is 0 Å². The Kier molecular flexibility index (Phi) is 6.44. The Labute approximate surface area is 170 Å². The van der Waals surface area contributed by atoms with Gasteiger partial charge in [-0.25, -0.2) is 14.8 Å². The summed E-state index contributed by atoms with van der Waals surface area (Å²) in [5, 5.41) is 2.82. The van der Waals surface area contributed by atoms with Crippen LogP contribution >= 0.6 is 34.9 Å². The molecule has 2 aromatic heterocycles. The van der Waals surface area contributed by atoms with Crippen LogP contribution in [0.5, 0.6) is 0 Å². The zero-order valence-corrected chi connectivity index (χ0v) is 18.1. The molecule has 1 aliphatic rings. The van der Waals surface area contributed by atoms with E-state index >= 15 is 0 Å². The zero-order valence-electron chi connectivity index (χ0n) is 15.7. The van der Waals surface area contributed by atoms with Crippen molar-refractivity contribution in [3.05, 3.63) is 27.4 Å². The number of fused-ring (bicyclic) bond motifs is 1. The van der Waals surface area contributed by atoms with E-state index in [9.17, 15) is 9.59 Å². The van der Waals surface area contributed by atoms with E-state index in [-0.39, 0.29) is 5.91 Å². The zero-order chi connectivity index (χ0) is 19.6. The quantitative estimate of drug-likeness (QED) is 0.231. The van der Waals surface area contributed by atoms with Crippen LogP contribution in [0.3, 0.4) is 0 Å². The summed E-state index contributed by atoms with van der Waals surface area (Å²) in [5.41, 5.74) is 1.24. The third-order valence-electron chi connectivity index (χ3n) is 4.23. The fourth-order valence-electron chi connectivity index (χ4n) is 2.74. The highest BCUT2D eigenvalue weighted by molar-refractivity contribution is 8.04. The molecule has 0 N–H and O–H groups in total. The van der Waals surface area contributed by atoms with Crippen molar-refractivity contribution in [3.63, 3.8) is 0 Å². The summed E-state index contributed by atoms with van der Waals surface area (Å²) in [6.45, 7) is 6.71. The molecule has 0 aliphatic carbocycles. The molecule has 0 spiro atoms. The molecule has 1 fully saturated rings. The number of ether oxygens (including phenoxy) is 1. The topological polar surface area (TPSA) is 72.4 Å². The molecule has 3 heterocycles. The van der Waals surface area contributed by atoms with Gasteiger partial charge in [0.1, 0.15) is 15.7 Å². The first-order chi connectivity index (χ1) is 12.9. The van der Waals surface area contributed by atoms with Crippen molar-refractivity contribution >= 4 is 57.0 Å². The van der Waals surface area contributed by atoms with Crippen LogP contribution in [-0.4, -0.2) is 51.9 Å². The van der Waals surface area contributed by atoms with Crippen molar-refractivity contribution in [3.8, 4) is 0 Å². The highest BCUT2D eigenvalue weighted by Gasteiger charge is 2.27. The lowest BCUT2D eigenvalue weighted by atomic mass is 10.2. The van der Waals surface area contributed by atoms with Crippen LogP contribution in [0.25, 0.3) is 10.2 Å². The first-order valence-electron chi connectivity index (χ1n) is 8.50. The lowest BCUT2D eigenvalue weighted by molar-refractivity contribution is -0.134. The molecule has 6 nitrogen and oxygen atoms in total. The molecular formula is C18H21N3O3S3. The Morgan fingerprint density at radius 1 is 1.33 bits per heavy atom. The number of methoxy groups -OCH3 is 1. The van der Waals surface area contributed by atoms with Crippen molar-refractivity contribution < 1.29 is 14.3 Å². The van der Waals surface area contributed by atoms with E-state index in [0.717, 1.165) is 33.2 Å². The minimum absolute atomic E-state index is 0.0322. The maximum absolute atomic E-state index is 12.1. The molecule has 1 amide bonds. The molecular weight excluding hydrogens is 402 g/mol. The molecule has 144 valence electrons. The Morgan fingerprint density at radius 2 is 2.11 bits per heavy atom. The predicted molar refractivity (Wildman–Crippen MR) is 111 cm³/mol. The van der Waals surface area contributed by atoms with Crippen LogP contribution in [0, 0.1) is 20.8 Å². The lowest BCUT2D eigenvalue weighted by Gasteiger charge is -2.16. The number of thioether (sulfide) groups is 2. The molecule has 0 saturated carbocycles. The second-order valence-corrected chi connectivity index (χ2v) is 9.36. The van der Waals surface area contributed by atoms with Gasteiger partial charge in [0.25, 0.3) is 0 Å². The Hall–Kier alpha value is -1.58. The normalized spacial score (nSPS) is 15.9. The van der Waals surface area contributed by atoms with Crippen LogP contribution in [0.15, 0.2) is 16.1 Å². The number of hydrogen-bond acceptors (Lipinski definition) is 8. The highest BCUT2D eigenvalue weighted by Crippen LogP contribution is 2.35. The summed E-state index contributed by atoms with van der Waals surface area (Å²) >= 11 is 4.78. The third kappa shape index (κ3) is 4.47. The predicted octanol–water partition coefficient (Wildman–Crippen LogP) is 3.69. The average molecular weight is 424 g/mol. The van der Waals surface area contributed by atoms with Crippen LogP contribution < -0.4 is 0 Å². The second-order valence-electron chi connectivity index (χ2n) is 6.08. The van der Waals surface area contributed by atoms with E-state index in [1.165, 1.54) is 35.4 Å². The summed E-state index contributed by atoms with van der Waals surface area (Å²) in [5.74, 6) is 1.58. The first-order valence-corrected chi connectivity index (χ1v) is 11.3. The first kappa shape index (κ1) is 20.2. The van der Waals surface area contributed by atoms with Gasteiger partial charge in [0.05, 0.1) is 24.0 Å². The number of amides is 1. The number of rotatable bonds is 6. The van der Waals surface area contributed by atoms with Crippen LogP contribution in [-0.2, 0) is 14.3 Å². The van der Waals surface area contributed by atoms with Crippen LogP contribution in [0.2, 0.25) is 0 Å². The summed E-state index contributed by atoms with van der Waals surface area (Å²) < 4.78 is 4.66. The van der Waals surface area contributed by atoms with E-state index < -0.39 is 5.97 Å². The molecule has 27 heavy (non-hydrogen) atoms. The largest absolute Gasteiger partial charge is 0.466 e. The van der Waals surface area contributed by atoms with Gasteiger partial charge in [0, 0.05) is 22.6 Å². The fraction of sp³-hybridized carbons (Fsp3) is 0.444. The summed E-state index contributed by atoms with van der Waals surface area (Å²) in [6, 6.07) is 0. The highest BCUT2D eigenvalue weighted by atomic mass is 32.2. The van der Waals surface area contributed by atoms with E-state index in [1.54, 1.807) is 28.0 Å². The number of esters is 1. The second kappa shape index (κ2) is 8.62. The average Bonchev–Trinajstić information content (AvgIpc) is 3.11. The van der Waals surface area contributed by atoms with Crippen molar-refractivity contribution in [1.82, 2.24) is 14.9 Å². The molecule has 0 radical (unpaired) electrons. The van der Waals surface area contributed by atoms with E-state index in [4.69, 9.17) is 0 Å². The molecule has 3 rings (SSSR count). The number of aryl methyl sites for hydroxylation is 3. The minimum Gasteiger partial charge on any atom is -0.466 e. The number of thiophene rings is 1. The smallest absolute Gasteiger partial charge is 0.333 e. The van der Waals surface area contributed by atoms with Gasteiger partial charge in [-0.15, -0.1) is 23.1 Å². The summed E-state index contributed by atoms with van der Waals surface area (Å²) in [4.78, 5) is 36.7. The molecule has 9 heteroatoms.